The van der Waals surface area contributed by atoms with Crippen molar-refractivity contribution in [1.29, 1.82) is 0 Å². The molecule has 0 atom stereocenters. The number of furan rings is 1. The summed E-state index contributed by atoms with van der Waals surface area (Å²) >= 11 is 1.63. The van der Waals surface area contributed by atoms with Crippen molar-refractivity contribution in [3.8, 4) is 0 Å². The quantitative estimate of drug-likeness (QED) is 0.801. The number of thiophene rings is 1. The van der Waals surface area contributed by atoms with Gasteiger partial charge < -0.3 is 9.73 Å². The highest BCUT2D eigenvalue weighted by Crippen LogP contribution is 2.25. The predicted molar refractivity (Wildman–Crippen MR) is 77.9 cm³/mol. The molecule has 7 heteroatoms. The van der Waals surface area contributed by atoms with Gasteiger partial charge in [-0.15, -0.1) is 36.2 Å². The van der Waals surface area contributed by atoms with Crippen LogP contribution in [0.3, 0.4) is 0 Å². The molecule has 0 radical (unpaired) electrons. The minimum Gasteiger partial charge on any atom is -0.467 e. The van der Waals surface area contributed by atoms with E-state index in [1.54, 1.807) is 23.9 Å². The van der Waals surface area contributed by atoms with Crippen molar-refractivity contribution in [2.45, 2.75) is 6.54 Å². The van der Waals surface area contributed by atoms with Crippen LogP contribution in [0.15, 0.2) is 40.6 Å². The monoisotopic (exact) mass is 303 g/mol. The molecule has 4 nitrogen and oxygen atoms in total. The zero-order valence-electron chi connectivity index (χ0n) is 9.20. The normalized spacial score (nSPS) is 9.56. The van der Waals surface area contributed by atoms with Crippen molar-refractivity contribution < 1.29 is 4.42 Å². The molecule has 0 aliphatic rings. The lowest BCUT2D eigenvalue weighted by Gasteiger charge is -2.03. The Bertz CT molecular complexity index is 597. The topological polar surface area (TPSA) is 51.0 Å². The van der Waals surface area contributed by atoms with Gasteiger partial charge in [-0.05, 0) is 23.6 Å². The molecule has 0 fully saturated rings. The van der Waals surface area contributed by atoms with Crippen molar-refractivity contribution in [2.75, 3.05) is 5.32 Å². The first-order valence-electron chi connectivity index (χ1n) is 4.88. The van der Waals surface area contributed by atoms with Gasteiger partial charge in [-0.1, -0.05) is 0 Å². The minimum absolute atomic E-state index is 0. The van der Waals surface area contributed by atoms with Gasteiger partial charge in [-0.3, -0.25) is 0 Å². The molecule has 0 saturated carbocycles. The third kappa shape index (κ3) is 2.93. The van der Waals surface area contributed by atoms with E-state index in [2.05, 4.69) is 15.3 Å². The smallest absolute Gasteiger partial charge is 0.147 e. The van der Waals surface area contributed by atoms with Crippen LogP contribution >= 0.6 is 36.2 Å². The number of halogens is 2. The van der Waals surface area contributed by atoms with Crippen molar-refractivity contribution in [3.05, 3.63) is 41.9 Å². The molecule has 1 N–H and O–H groups in total. The number of rotatable bonds is 3. The molecule has 0 aliphatic heterocycles. The fourth-order valence-corrected chi connectivity index (χ4v) is 2.31. The number of hydrogen-bond acceptors (Lipinski definition) is 5. The van der Waals surface area contributed by atoms with Gasteiger partial charge in [-0.25, -0.2) is 9.97 Å². The van der Waals surface area contributed by atoms with Crippen molar-refractivity contribution in [1.82, 2.24) is 9.97 Å². The molecule has 0 spiro atoms. The number of anilines is 1. The SMILES string of the molecule is Cl.Cl.c1coc(CNc2ncnc3ccsc23)c1. The average Bonchev–Trinajstić information content (AvgIpc) is 2.97. The van der Waals surface area contributed by atoms with E-state index >= 15 is 0 Å². The van der Waals surface area contributed by atoms with Crippen LogP contribution < -0.4 is 5.32 Å². The van der Waals surface area contributed by atoms with Crippen LogP contribution in [0.4, 0.5) is 5.82 Å². The van der Waals surface area contributed by atoms with Gasteiger partial charge in [0.15, 0.2) is 0 Å². The maximum Gasteiger partial charge on any atom is 0.147 e. The summed E-state index contributed by atoms with van der Waals surface area (Å²) in [6.45, 7) is 0.636. The molecule has 96 valence electrons. The highest BCUT2D eigenvalue weighted by atomic mass is 35.5. The molecular formula is C11H11Cl2N3OS. The molecule has 3 rings (SSSR count). The number of nitrogens with one attached hydrogen (secondary N) is 1. The Morgan fingerprint density at radius 1 is 1.22 bits per heavy atom. The highest BCUT2D eigenvalue weighted by molar-refractivity contribution is 7.17. The summed E-state index contributed by atoms with van der Waals surface area (Å²) in [5, 5.41) is 5.25. The molecule has 3 heterocycles. The van der Waals surface area contributed by atoms with Crippen LogP contribution in [0.1, 0.15) is 5.76 Å². The summed E-state index contributed by atoms with van der Waals surface area (Å²) in [5.74, 6) is 1.75. The summed E-state index contributed by atoms with van der Waals surface area (Å²) in [6.07, 6.45) is 3.23. The van der Waals surface area contributed by atoms with E-state index in [9.17, 15) is 0 Å². The van der Waals surface area contributed by atoms with Crippen molar-refractivity contribution >= 4 is 52.2 Å². The molecule has 0 unspecified atom stereocenters. The van der Waals surface area contributed by atoms with Crippen molar-refractivity contribution in [3.63, 3.8) is 0 Å². The van der Waals surface area contributed by atoms with Gasteiger partial charge in [0.2, 0.25) is 0 Å². The summed E-state index contributed by atoms with van der Waals surface area (Å²) < 4.78 is 6.32. The standard InChI is InChI=1S/C11H9N3OS.2ClH/c1-2-8(15-4-1)6-12-11-10-9(3-5-16-10)13-7-14-11;;/h1-5,7H,6H2,(H,12,13,14);2*1H. The number of fused-ring (bicyclic) bond motifs is 1. The summed E-state index contributed by atoms with van der Waals surface area (Å²) in [7, 11) is 0. The van der Waals surface area contributed by atoms with Crippen LogP contribution in [0.5, 0.6) is 0 Å². The molecule has 0 amide bonds. The van der Waals surface area contributed by atoms with Crippen LogP contribution in [-0.2, 0) is 6.54 Å². The zero-order valence-corrected chi connectivity index (χ0v) is 11.6. The average molecular weight is 304 g/mol. The Morgan fingerprint density at radius 3 is 2.89 bits per heavy atom. The van der Waals surface area contributed by atoms with E-state index in [1.165, 1.54) is 0 Å². The third-order valence-corrected chi connectivity index (χ3v) is 3.16. The second-order valence-electron chi connectivity index (χ2n) is 3.29. The summed E-state index contributed by atoms with van der Waals surface area (Å²) in [5.41, 5.74) is 0.974. The minimum atomic E-state index is 0. The molecular weight excluding hydrogens is 293 g/mol. The van der Waals surface area contributed by atoms with E-state index in [1.807, 2.05) is 23.6 Å². The Hall–Kier alpha value is -1.30. The van der Waals surface area contributed by atoms with Gasteiger partial charge in [0.25, 0.3) is 0 Å². The molecule has 3 aromatic heterocycles. The summed E-state index contributed by atoms with van der Waals surface area (Å²) in [4.78, 5) is 8.41. The number of nitrogens with zero attached hydrogens (tertiary/aromatic N) is 2. The molecule has 3 aromatic rings. The lowest BCUT2D eigenvalue weighted by molar-refractivity contribution is 0.518. The molecule has 0 saturated heterocycles. The first-order valence-corrected chi connectivity index (χ1v) is 5.76. The predicted octanol–water partition coefficient (Wildman–Crippen LogP) is 3.74. The Kier molecular flexibility index (Phi) is 5.40. The van der Waals surface area contributed by atoms with Crippen LogP contribution in [0.2, 0.25) is 0 Å². The lowest BCUT2D eigenvalue weighted by atomic mass is 10.4. The third-order valence-electron chi connectivity index (χ3n) is 2.25. The molecule has 0 aromatic carbocycles. The van der Waals surface area contributed by atoms with Gasteiger partial charge in [-0.2, -0.15) is 0 Å². The zero-order chi connectivity index (χ0) is 10.8. The fraction of sp³-hybridized carbons (Fsp3) is 0.0909. The maximum atomic E-state index is 5.25. The van der Waals surface area contributed by atoms with Gasteiger partial charge in [0.1, 0.15) is 17.9 Å². The summed E-state index contributed by atoms with van der Waals surface area (Å²) in [6, 6.07) is 5.79. The molecule has 0 bridgehead atoms. The Balaban J connectivity index is 0.000000810. The maximum absolute atomic E-state index is 5.25. The van der Waals surface area contributed by atoms with E-state index in [0.29, 0.717) is 6.54 Å². The second-order valence-corrected chi connectivity index (χ2v) is 4.21. The number of hydrogen-bond donors (Lipinski definition) is 1. The van der Waals surface area contributed by atoms with Crippen molar-refractivity contribution in [2.24, 2.45) is 0 Å². The molecule has 0 aliphatic carbocycles. The lowest BCUT2D eigenvalue weighted by Crippen LogP contribution is -2.00. The van der Waals surface area contributed by atoms with Crippen LogP contribution in [0.25, 0.3) is 10.2 Å². The Morgan fingerprint density at radius 2 is 2.11 bits per heavy atom. The Labute approximate surface area is 120 Å². The largest absolute Gasteiger partial charge is 0.467 e. The first kappa shape index (κ1) is 14.8. The van der Waals surface area contributed by atoms with Gasteiger partial charge in [0, 0.05) is 0 Å². The second kappa shape index (κ2) is 6.58. The van der Waals surface area contributed by atoms with E-state index in [-0.39, 0.29) is 24.8 Å². The van der Waals surface area contributed by atoms with Crippen LogP contribution in [-0.4, -0.2) is 9.97 Å². The fourth-order valence-electron chi connectivity index (χ4n) is 1.50. The van der Waals surface area contributed by atoms with Gasteiger partial charge in [0.05, 0.1) is 23.0 Å². The van der Waals surface area contributed by atoms with E-state index in [4.69, 9.17) is 4.42 Å². The van der Waals surface area contributed by atoms with Crippen LogP contribution in [0, 0.1) is 0 Å². The molecule has 18 heavy (non-hydrogen) atoms. The highest BCUT2D eigenvalue weighted by Gasteiger charge is 2.04. The van der Waals surface area contributed by atoms with Gasteiger partial charge >= 0.3 is 0 Å². The number of aromatic nitrogens is 2. The van der Waals surface area contributed by atoms with E-state index < -0.39 is 0 Å². The first-order chi connectivity index (χ1) is 7.93. The van der Waals surface area contributed by atoms with E-state index in [0.717, 1.165) is 21.8 Å².